The fraction of sp³-hybridized carbons (Fsp3) is 0.857. The molecule has 0 spiro atoms. The molecule has 10 heteroatoms. The Morgan fingerprint density at radius 1 is 1.53 bits per heavy atom. The SMILES string of the molecule is CC1OS(O)(O)CC1OC(=O)OCC(F)(F)F. The maximum absolute atomic E-state index is 11.7. The van der Waals surface area contributed by atoms with Gasteiger partial charge in [0.2, 0.25) is 0 Å². The second-order valence-electron chi connectivity index (χ2n) is 3.38. The topological polar surface area (TPSA) is 85.2 Å². The first-order valence-electron chi connectivity index (χ1n) is 4.43. The molecule has 0 bridgehead atoms. The largest absolute Gasteiger partial charge is 0.508 e. The van der Waals surface area contributed by atoms with E-state index in [1.807, 2.05) is 0 Å². The van der Waals surface area contributed by atoms with Gasteiger partial charge in [0.15, 0.2) is 6.61 Å². The van der Waals surface area contributed by atoms with E-state index in [0.717, 1.165) is 0 Å². The zero-order chi connectivity index (χ0) is 13.3. The number of carbonyl (C=O) groups is 1. The molecule has 1 fully saturated rings. The second-order valence-corrected chi connectivity index (χ2v) is 5.12. The lowest BCUT2D eigenvalue weighted by Gasteiger charge is -2.17. The molecule has 0 aromatic carbocycles. The molecule has 1 saturated heterocycles. The zero-order valence-corrected chi connectivity index (χ0v) is 9.45. The van der Waals surface area contributed by atoms with E-state index in [-0.39, 0.29) is 5.75 Å². The Morgan fingerprint density at radius 3 is 2.53 bits per heavy atom. The number of alkyl halides is 3. The number of carbonyl (C=O) groups excluding carboxylic acids is 1. The van der Waals surface area contributed by atoms with Crippen molar-refractivity contribution in [1.82, 2.24) is 0 Å². The molecule has 2 unspecified atom stereocenters. The summed E-state index contributed by atoms with van der Waals surface area (Å²) < 4.78 is 66.2. The van der Waals surface area contributed by atoms with Crippen molar-refractivity contribution in [2.75, 3.05) is 12.4 Å². The smallest absolute Gasteiger partial charge is 0.427 e. The summed E-state index contributed by atoms with van der Waals surface area (Å²) in [6, 6.07) is 0. The third-order valence-electron chi connectivity index (χ3n) is 1.81. The molecule has 1 heterocycles. The summed E-state index contributed by atoms with van der Waals surface area (Å²) in [4.78, 5) is 10.8. The third-order valence-corrected chi connectivity index (χ3v) is 3.19. The summed E-state index contributed by atoms with van der Waals surface area (Å²) >= 11 is 0. The molecule has 0 amide bonds. The third kappa shape index (κ3) is 4.98. The first-order chi connectivity index (χ1) is 7.59. The summed E-state index contributed by atoms with van der Waals surface area (Å²) in [6.07, 6.45) is -8.03. The van der Waals surface area contributed by atoms with Gasteiger partial charge in [0.1, 0.15) is 12.2 Å². The Labute approximate surface area is 96.2 Å². The van der Waals surface area contributed by atoms with Crippen molar-refractivity contribution in [1.29, 1.82) is 0 Å². The van der Waals surface area contributed by atoms with Crippen LogP contribution in [-0.2, 0) is 13.7 Å². The maximum atomic E-state index is 11.7. The van der Waals surface area contributed by atoms with Gasteiger partial charge in [-0.25, -0.2) is 4.79 Å². The van der Waals surface area contributed by atoms with E-state index < -0.39 is 42.0 Å². The second kappa shape index (κ2) is 4.88. The zero-order valence-electron chi connectivity index (χ0n) is 8.64. The standard InChI is InChI=1S/C7H11F3O6S/c1-4-5(2-17(12,13)16-4)15-6(11)14-3-7(8,9)10/h4-5,12-13H,2-3H2,1H3. The fourth-order valence-electron chi connectivity index (χ4n) is 1.12. The first kappa shape index (κ1) is 14.4. The van der Waals surface area contributed by atoms with E-state index in [9.17, 15) is 18.0 Å². The molecule has 2 N–H and O–H groups in total. The van der Waals surface area contributed by atoms with Gasteiger partial charge in [-0.05, 0) is 6.92 Å². The van der Waals surface area contributed by atoms with E-state index in [4.69, 9.17) is 9.11 Å². The Balaban J connectivity index is 2.37. The van der Waals surface area contributed by atoms with Crippen molar-refractivity contribution in [2.24, 2.45) is 0 Å². The van der Waals surface area contributed by atoms with Crippen LogP contribution < -0.4 is 0 Å². The Bertz CT molecular complexity index is 294. The van der Waals surface area contributed by atoms with Crippen LogP contribution in [0.3, 0.4) is 0 Å². The van der Waals surface area contributed by atoms with Crippen LogP contribution in [0, 0.1) is 0 Å². The van der Waals surface area contributed by atoms with Gasteiger partial charge in [0.05, 0.1) is 16.6 Å². The van der Waals surface area contributed by atoms with Crippen LogP contribution in [0.25, 0.3) is 0 Å². The lowest BCUT2D eigenvalue weighted by atomic mass is 10.3. The number of hydrogen-bond acceptors (Lipinski definition) is 6. The van der Waals surface area contributed by atoms with Crippen LogP contribution in [0.1, 0.15) is 6.92 Å². The Hall–Kier alpha value is -0.710. The molecule has 1 rings (SSSR count). The Morgan fingerprint density at radius 2 is 2.12 bits per heavy atom. The summed E-state index contributed by atoms with van der Waals surface area (Å²) in [7, 11) is -3.29. The summed E-state index contributed by atoms with van der Waals surface area (Å²) in [6.45, 7) is -0.368. The molecule has 102 valence electrons. The van der Waals surface area contributed by atoms with Crippen LogP contribution in [0.4, 0.5) is 18.0 Å². The summed E-state index contributed by atoms with van der Waals surface area (Å²) in [5.41, 5.74) is 0. The highest BCUT2D eigenvalue weighted by molar-refractivity contribution is 8.20. The van der Waals surface area contributed by atoms with E-state index in [1.165, 1.54) is 6.92 Å². The minimum absolute atomic E-state index is 0.380. The lowest BCUT2D eigenvalue weighted by molar-refractivity contribution is -0.167. The van der Waals surface area contributed by atoms with Gasteiger partial charge < -0.3 is 18.6 Å². The summed E-state index contributed by atoms with van der Waals surface area (Å²) in [5, 5.41) is 0. The monoisotopic (exact) mass is 280 g/mol. The molecule has 0 aliphatic carbocycles. The van der Waals surface area contributed by atoms with Gasteiger partial charge >= 0.3 is 12.3 Å². The van der Waals surface area contributed by atoms with Crippen LogP contribution in [0.15, 0.2) is 0 Å². The fourth-order valence-corrected chi connectivity index (χ4v) is 2.58. The first-order valence-corrected chi connectivity index (χ1v) is 6.07. The normalized spacial score (nSPS) is 29.8. The minimum Gasteiger partial charge on any atom is -0.427 e. The molecule has 0 aromatic heterocycles. The van der Waals surface area contributed by atoms with Gasteiger partial charge in [0.25, 0.3) is 0 Å². The summed E-state index contributed by atoms with van der Waals surface area (Å²) in [5.74, 6) is -0.380. The Kier molecular flexibility index (Phi) is 4.12. The number of hydrogen-bond donors (Lipinski definition) is 2. The predicted molar refractivity (Wildman–Crippen MR) is 50.5 cm³/mol. The van der Waals surface area contributed by atoms with Crippen molar-refractivity contribution in [2.45, 2.75) is 25.3 Å². The van der Waals surface area contributed by atoms with Crippen molar-refractivity contribution in [3.63, 3.8) is 0 Å². The van der Waals surface area contributed by atoms with Crippen molar-refractivity contribution < 1.29 is 40.7 Å². The highest BCUT2D eigenvalue weighted by Crippen LogP contribution is 2.49. The molecule has 17 heavy (non-hydrogen) atoms. The molecule has 0 radical (unpaired) electrons. The molecule has 0 saturated carbocycles. The van der Waals surface area contributed by atoms with E-state index in [1.54, 1.807) is 0 Å². The molecule has 6 nitrogen and oxygen atoms in total. The number of halogens is 3. The van der Waals surface area contributed by atoms with Gasteiger partial charge in [0, 0.05) is 0 Å². The molecule has 1 aliphatic heterocycles. The minimum atomic E-state index is -4.64. The molecular formula is C7H11F3O6S. The predicted octanol–water partition coefficient (Wildman–Crippen LogP) is 2.15. The van der Waals surface area contributed by atoms with Gasteiger partial charge in [-0.2, -0.15) is 13.2 Å². The molecule has 2 atom stereocenters. The van der Waals surface area contributed by atoms with Gasteiger partial charge in [-0.15, -0.1) is 0 Å². The highest BCUT2D eigenvalue weighted by Gasteiger charge is 2.42. The van der Waals surface area contributed by atoms with Gasteiger partial charge in [-0.1, -0.05) is 0 Å². The van der Waals surface area contributed by atoms with E-state index >= 15 is 0 Å². The van der Waals surface area contributed by atoms with Crippen LogP contribution >= 0.6 is 10.9 Å². The van der Waals surface area contributed by atoms with E-state index in [2.05, 4.69) is 13.7 Å². The highest BCUT2D eigenvalue weighted by atomic mass is 32.3. The van der Waals surface area contributed by atoms with Crippen LogP contribution in [-0.4, -0.2) is 46.0 Å². The molecular weight excluding hydrogens is 269 g/mol. The number of ether oxygens (including phenoxy) is 2. The molecule has 0 aromatic rings. The quantitative estimate of drug-likeness (QED) is 0.754. The average Bonchev–Trinajstić information content (AvgIpc) is 2.35. The van der Waals surface area contributed by atoms with Gasteiger partial charge in [-0.3, -0.25) is 4.18 Å². The number of rotatable bonds is 2. The van der Waals surface area contributed by atoms with E-state index in [0.29, 0.717) is 0 Å². The average molecular weight is 280 g/mol. The van der Waals surface area contributed by atoms with Crippen LogP contribution in [0.5, 0.6) is 0 Å². The molecule has 1 aliphatic rings. The lowest BCUT2D eigenvalue weighted by Crippen LogP contribution is -2.29. The van der Waals surface area contributed by atoms with Crippen molar-refractivity contribution >= 4 is 17.0 Å². The van der Waals surface area contributed by atoms with Crippen LogP contribution in [0.2, 0.25) is 0 Å². The maximum Gasteiger partial charge on any atom is 0.508 e. The van der Waals surface area contributed by atoms with Crippen molar-refractivity contribution in [3.8, 4) is 0 Å². The van der Waals surface area contributed by atoms with Crippen molar-refractivity contribution in [3.05, 3.63) is 0 Å².